The van der Waals surface area contributed by atoms with Crippen molar-refractivity contribution in [2.45, 2.75) is 64.5 Å². The number of hydrogen-bond donors (Lipinski definition) is 3. The molecule has 0 atom stereocenters. The van der Waals surface area contributed by atoms with Crippen molar-refractivity contribution in [2.75, 3.05) is 15.7 Å². The van der Waals surface area contributed by atoms with E-state index >= 15 is 0 Å². The SMILES string of the molecule is C=S(=C)(c1ccccc1CO)c1cc2c(cc1CNc1nc(NC3CCCC3)c3ccccc3n1)SCS2. The van der Waals surface area contributed by atoms with Crippen molar-refractivity contribution in [3.05, 3.63) is 71.8 Å². The first-order valence-electron chi connectivity index (χ1n) is 12.9. The molecular formula is C30H32N4OS3. The summed E-state index contributed by atoms with van der Waals surface area (Å²) < 4.78 is 0. The second kappa shape index (κ2) is 10.8. The molecule has 1 saturated carbocycles. The highest BCUT2D eigenvalue weighted by atomic mass is 32.2. The third-order valence-corrected chi connectivity index (χ3v) is 12.1. The average molecular weight is 561 g/mol. The molecule has 1 fully saturated rings. The third-order valence-electron chi connectivity index (χ3n) is 7.28. The van der Waals surface area contributed by atoms with Crippen LogP contribution < -0.4 is 10.6 Å². The van der Waals surface area contributed by atoms with Gasteiger partial charge in [0.1, 0.15) is 5.82 Å². The summed E-state index contributed by atoms with van der Waals surface area (Å²) in [5, 5.41) is 19.3. The van der Waals surface area contributed by atoms with Gasteiger partial charge in [-0.25, -0.2) is 4.98 Å². The van der Waals surface area contributed by atoms with Crippen LogP contribution in [-0.2, 0) is 13.2 Å². The quantitative estimate of drug-likeness (QED) is 0.195. The maximum Gasteiger partial charge on any atom is 0.225 e. The maximum absolute atomic E-state index is 10.0. The largest absolute Gasteiger partial charge is 0.392 e. The van der Waals surface area contributed by atoms with Crippen LogP contribution in [0.3, 0.4) is 0 Å². The maximum atomic E-state index is 10.0. The van der Waals surface area contributed by atoms with Crippen molar-refractivity contribution >= 4 is 67.1 Å². The van der Waals surface area contributed by atoms with Gasteiger partial charge in [0.05, 0.1) is 12.1 Å². The lowest BCUT2D eigenvalue weighted by Gasteiger charge is -2.23. The standard InChI is InChI=1S/C30H32N4OS3/c1-38(2,27-14-8-3-9-20(27)18-35)28-16-26-25(36-19-37-26)15-21(28)17-31-30-33-24-13-7-6-12-23(24)29(34-30)32-22-10-4-5-11-22/h3,6-9,12-16,22,35H,1-2,4-5,10-11,17-19H2,(H2,31,32,33,34). The van der Waals surface area contributed by atoms with Gasteiger partial charge in [-0.05, 0) is 54.3 Å². The Morgan fingerprint density at radius 2 is 1.63 bits per heavy atom. The topological polar surface area (TPSA) is 70.1 Å². The second-order valence-corrected chi connectivity index (χ2v) is 14.9. The zero-order valence-corrected chi connectivity index (χ0v) is 23.7. The van der Waals surface area contributed by atoms with Crippen LogP contribution in [0.4, 0.5) is 11.8 Å². The molecule has 6 rings (SSSR count). The fraction of sp³-hybridized carbons (Fsp3) is 0.267. The molecule has 3 N–H and O–H groups in total. The Balaban J connectivity index is 1.36. The predicted octanol–water partition coefficient (Wildman–Crippen LogP) is 7.33. The van der Waals surface area contributed by atoms with Gasteiger partial charge >= 0.3 is 0 Å². The first-order chi connectivity index (χ1) is 18.5. The van der Waals surface area contributed by atoms with E-state index in [1.165, 1.54) is 35.5 Å². The van der Waals surface area contributed by atoms with Crippen molar-refractivity contribution < 1.29 is 5.11 Å². The fourth-order valence-corrected chi connectivity index (χ4v) is 10.0. The molecule has 196 valence electrons. The van der Waals surface area contributed by atoms with E-state index in [0.29, 0.717) is 18.5 Å². The molecule has 38 heavy (non-hydrogen) atoms. The lowest BCUT2D eigenvalue weighted by atomic mass is 10.2. The predicted molar refractivity (Wildman–Crippen MR) is 166 cm³/mol. The highest BCUT2D eigenvalue weighted by Crippen LogP contribution is 2.50. The number of fused-ring (bicyclic) bond motifs is 2. The summed E-state index contributed by atoms with van der Waals surface area (Å²) in [5.74, 6) is 10.8. The number of benzene rings is 3. The number of rotatable bonds is 8. The van der Waals surface area contributed by atoms with Crippen LogP contribution in [0.5, 0.6) is 0 Å². The van der Waals surface area contributed by atoms with E-state index in [-0.39, 0.29) is 6.61 Å². The highest BCUT2D eigenvalue weighted by molar-refractivity contribution is 8.28. The van der Waals surface area contributed by atoms with E-state index in [2.05, 4.69) is 46.6 Å². The highest BCUT2D eigenvalue weighted by Gasteiger charge is 2.21. The number of para-hydroxylation sites is 1. The van der Waals surface area contributed by atoms with Crippen molar-refractivity contribution in [3.8, 4) is 0 Å². The Bertz CT molecular complexity index is 1600. The van der Waals surface area contributed by atoms with E-state index in [1.807, 2.05) is 59.9 Å². The smallest absolute Gasteiger partial charge is 0.225 e. The molecule has 5 nitrogen and oxygen atoms in total. The van der Waals surface area contributed by atoms with E-state index < -0.39 is 9.21 Å². The third kappa shape index (κ3) is 5.02. The van der Waals surface area contributed by atoms with E-state index in [9.17, 15) is 5.11 Å². The van der Waals surface area contributed by atoms with Crippen molar-refractivity contribution in [1.29, 1.82) is 0 Å². The van der Waals surface area contributed by atoms with Crippen LogP contribution in [0.15, 0.2) is 80.2 Å². The molecule has 0 unspecified atom stereocenters. The normalized spacial score (nSPS) is 15.6. The van der Waals surface area contributed by atoms with E-state index in [0.717, 1.165) is 42.7 Å². The van der Waals surface area contributed by atoms with Gasteiger partial charge in [0.2, 0.25) is 5.95 Å². The molecule has 2 heterocycles. The minimum Gasteiger partial charge on any atom is -0.392 e. The molecule has 0 saturated heterocycles. The Morgan fingerprint density at radius 3 is 2.45 bits per heavy atom. The minimum absolute atomic E-state index is 0.0270. The molecule has 0 bridgehead atoms. The molecule has 2 aliphatic rings. The monoisotopic (exact) mass is 560 g/mol. The van der Waals surface area contributed by atoms with Crippen LogP contribution in [0, 0.1) is 0 Å². The molecule has 0 amide bonds. The zero-order chi connectivity index (χ0) is 26.1. The number of anilines is 2. The number of hydrogen-bond acceptors (Lipinski definition) is 7. The number of nitrogens with one attached hydrogen (secondary N) is 2. The molecule has 4 aromatic rings. The summed E-state index contributed by atoms with van der Waals surface area (Å²) in [7, 11) is -1.87. The Labute approximate surface area is 233 Å². The minimum atomic E-state index is -1.87. The molecule has 1 aliphatic carbocycles. The number of nitrogens with zero attached hydrogens (tertiary/aromatic N) is 2. The van der Waals surface area contributed by atoms with Gasteiger partial charge < -0.3 is 15.7 Å². The van der Waals surface area contributed by atoms with Gasteiger partial charge in [-0.3, -0.25) is 0 Å². The number of thioether (sulfide) groups is 2. The summed E-state index contributed by atoms with van der Waals surface area (Å²) in [6.45, 7) is 0.539. The molecular weight excluding hydrogens is 529 g/mol. The molecule has 8 heteroatoms. The van der Waals surface area contributed by atoms with Crippen LogP contribution >= 0.6 is 32.7 Å². The van der Waals surface area contributed by atoms with Crippen LogP contribution in [0.25, 0.3) is 10.9 Å². The van der Waals surface area contributed by atoms with Gasteiger partial charge in [0, 0.05) is 42.6 Å². The summed E-state index contributed by atoms with van der Waals surface area (Å²) in [5.41, 5.74) is 2.96. The molecule has 0 radical (unpaired) electrons. The van der Waals surface area contributed by atoms with Gasteiger partial charge in [0.15, 0.2) is 0 Å². The molecule has 3 aromatic carbocycles. The van der Waals surface area contributed by atoms with Gasteiger partial charge in [-0.2, -0.15) is 14.2 Å². The second-order valence-electron chi connectivity index (χ2n) is 9.85. The molecule has 0 spiro atoms. The van der Waals surface area contributed by atoms with Crippen LogP contribution in [0.1, 0.15) is 36.8 Å². The first kappa shape index (κ1) is 25.6. The fourth-order valence-electron chi connectivity index (χ4n) is 5.30. The summed E-state index contributed by atoms with van der Waals surface area (Å²) in [6.07, 6.45) is 4.90. The lowest BCUT2D eigenvalue weighted by Crippen LogP contribution is -2.17. The van der Waals surface area contributed by atoms with Gasteiger partial charge in [-0.15, -0.1) is 23.5 Å². The summed E-state index contributed by atoms with van der Waals surface area (Å²) >= 11 is 3.73. The van der Waals surface area contributed by atoms with Gasteiger partial charge in [0.25, 0.3) is 0 Å². The average Bonchev–Trinajstić information content (AvgIpc) is 3.63. The Morgan fingerprint density at radius 1 is 0.895 bits per heavy atom. The number of aliphatic hydroxyl groups is 1. The van der Waals surface area contributed by atoms with Crippen molar-refractivity contribution in [3.63, 3.8) is 0 Å². The first-order valence-corrected chi connectivity index (χ1v) is 16.8. The van der Waals surface area contributed by atoms with Gasteiger partial charge in [-0.1, -0.05) is 54.9 Å². The summed E-state index contributed by atoms with van der Waals surface area (Å²) in [6, 6.07) is 21.2. The molecule has 1 aliphatic heterocycles. The molecule has 1 aromatic heterocycles. The van der Waals surface area contributed by atoms with Crippen LogP contribution in [-0.4, -0.2) is 37.9 Å². The van der Waals surface area contributed by atoms with E-state index in [1.54, 1.807) is 0 Å². The Hall–Kier alpha value is -2.65. The van der Waals surface area contributed by atoms with E-state index in [4.69, 9.17) is 9.97 Å². The summed E-state index contributed by atoms with van der Waals surface area (Å²) in [4.78, 5) is 14.5. The lowest BCUT2D eigenvalue weighted by molar-refractivity contribution is 0.279. The Kier molecular flexibility index (Phi) is 7.31. The van der Waals surface area contributed by atoms with Crippen molar-refractivity contribution in [2.24, 2.45) is 0 Å². The number of aromatic nitrogens is 2. The number of aliphatic hydroxyl groups excluding tert-OH is 1. The zero-order valence-electron chi connectivity index (χ0n) is 21.3. The van der Waals surface area contributed by atoms with Crippen molar-refractivity contribution in [1.82, 2.24) is 9.97 Å². The van der Waals surface area contributed by atoms with Crippen LogP contribution in [0.2, 0.25) is 0 Å².